The van der Waals surface area contributed by atoms with Crippen molar-refractivity contribution in [3.05, 3.63) is 34.4 Å². The first-order valence-electron chi connectivity index (χ1n) is 9.44. The number of aliphatic hydroxyl groups excluding tert-OH is 2. The molecule has 4 atom stereocenters. The van der Waals surface area contributed by atoms with E-state index < -0.39 is 65.9 Å². The fourth-order valence-corrected chi connectivity index (χ4v) is 2.43. The van der Waals surface area contributed by atoms with Crippen molar-refractivity contribution in [2.24, 2.45) is 5.73 Å². The van der Waals surface area contributed by atoms with Crippen molar-refractivity contribution < 1.29 is 34.3 Å². The Morgan fingerprint density at radius 2 is 1.50 bits per heavy atom. The van der Waals surface area contributed by atoms with Crippen molar-refractivity contribution in [1.82, 2.24) is 16.0 Å². The molecule has 0 radical (unpaired) electrons. The number of amides is 4. The molecule has 0 aliphatic rings. The van der Waals surface area contributed by atoms with Crippen LogP contribution < -0.4 is 27.0 Å². The maximum Gasteiger partial charge on any atom is 0.269 e. The lowest BCUT2D eigenvalue weighted by molar-refractivity contribution is -0.384. The Balaban J connectivity index is 2.69. The highest BCUT2D eigenvalue weighted by atomic mass is 16.6. The quantitative estimate of drug-likeness (QED) is 0.136. The Hall–Kier alpha value is -3.62. The molecule has 0 saturated carbocycles. The summed E-state index contributed by atoms with van der Waals surface area (Å²) in [7, 11) is 0. The Morgan fingerprint density at radius 1 is 0.969 bits per heavy atom. The monoisotopic (exact) mass is 454 g/mol. The maximum atomic E-state index is 12.4. The van der Waals surface area contributed by atoms with Gasteiger partial charge in [0.1, 0.15) is 12.1 Å². The Labute approximate surface area is 182 Å². The minimum Gasteiger partial charge on any atom is -0.391 e. The van der Waals surface area contributed by atoms with Crippen molar-refractivity contribution in [1.29, 1.82) is 0 Å². The van der Waals surface area contributed by atoms with Crippen molar-refractivity contribution >= 4 is 35.0 Å². The molecule has 8 N–H and O–H groups in total. The van der Waals surface area contributed by atoms with Gasteiger partial charge in [-0.3, -0.25) is 29.3 Å². The lowest BCUT2D eigenvalue weighted by atomic mass is 10.1. The summed E-state index contributed by atoms with van der Waals surface area (Å²) in [6.45, 7) is 1.50. The molecule has 1 rings (SSSR count). The van der Waals surface area contributed by atoms with Gasteiger partial charge in [0.15, 0.2) is 0 Å². The Kier molecular flexibility index (Phi) is 10.1. The smallest absolute Gasteiger partial charge is 0.269 e. The van der Waals surface area contributed by atoms with Gasteiger partial charge in [-0.1, -0.05) is 0 Å². The number of aliphatic hydroxyl groups is 2. The molecule has 32 heavy (non-hydrogen) atoms. The summed E-state index contributed by atoms with van der Waals surface area (Å²) in [5, 5.41) is 39.2. The molecule has 0 heterocycles. The number of non-ortho nitro benzene ring substituents is 1. The minimum absolute atomic E-state index is 0.162. The van der Waals surface area contributed by atoms with Gasteiger partial charge < -0.3 is 37.2 Å². The number of carbonyl (C=O) groups is 4. The molecule has 14 heteroatoms. The highest BCUT2D eigenvalue weighted by Crippen LogP contribution is 2.15. The van der Waals surface area contributed by atoms with Gasteiger partial charge in [-0.25, -0.2) is 0 Å². The van der Waals surface area contributed by atoms with E-state index in [1.807, 2.05) is 0 Å². The highest BCUT2D eigenvalue weighted by Gasteiger charge is 2.31. The maximum absolute atomic E-state index is 12.4. The van der Waals surface area contributed by atoms with Crippen molar-refractivity contribution in [2.45, 2.75) is 38.1 Å². The molecular weight excluding hydrogens is 428 g/mol. The lowest BCUT2D eigenvalue weighted by Crippen LogP contribution is -2.60. The van der Waals surface area contributed by atoms with Crippen LogP contribution in [0.15, 0.2) is 24.3 Å². The molecule has 0 spiro atoms. The molecule has 0 aliphatic carbocycles. The number of nitro groups is 1. The summed E-state index contributed by atoms with van der Waals surface area (Å²) in [6, 6.07) is 2.08. The predicted molar refractivity (Wildman–Crippen MR) is 111 cm³/mol. The number of benzene rings is 1. The fraction of sp³-hybridized carbons (Fsp3) is 0.444. The average molecular weight is 454 g/mol. The topological polar surface area (TPSA) is 226 Å². The molecule has 0 unspecified atom stereocenters. The van der Waals surface area contributed by atoms with Crippen molar-refractivity contribution in [3.63, 3.8) is 0 Å². The summed E-state index contributed by atoms with van der Waals surface area (Å²) in [5.41, 5.74) is 5.26. The van der Waals surface area contributed by atoms with Crippen molar-refractivity contribution in [3.8, 4) is 0 Å². The van der Waals surface area contributed by atoms with Crippen LogP contribution in [0.3, 0.4) is 0 Å². The van der Waals surface area contributed by atoms with Crippen LogP contribution >= 0.6 is 0 Å². The number of nitrogens with two attached hydrogens (primary N) is 1. The van der Waals surface area contributed by atoms with Crippen LogP contribution in [0, 0.1) is 10.1 Å². The van der Waals surface area contributed by atoms with Gasteiger partial charge >= 0.3 is 0 Å². The normalized spacial score (nSPS) is 14.3. The molecule has 0 fully saturated rings. The lowest BCUT2D eigenvalue weighted by Gasteiger charge is -2.25. The molecule has 1 aromatic rings. The third-order valence-electron chi connectivity index (χ3n) is 4.11. The summed E-state index contributed by atoms with van der Waals surface area (Å²) in [4.78, 5) is 58.2. The molecule has 14 nitrogen and oxygen atoms in total. The van der Waals surface area contributed by atoms with Gasteiger partial charge in [0, 0.05) is 17.8 Å². The van der Waals surface area contributed by atoms with Crippen molar-refractivity contribution in [2.75, 3.05) is 18.4 Å². The van der Waals surface area contributed by atoms with Crippen LogP contribution in [0.1, 0.15) is 13.8 Å². The van der Waals surface area contributed by atoms with E-state index in [-0.39, 0.29) is 11.4 Å². The number of carbonyl (C=O) groups excluding carboxylic acids is 4. The second-order valence-corrected chi connectivity index (χ2v) is 6.79. The number of nitrogens with zero attached hydrogens (tertiary/aromatic N) is 1. The van der Waals surface area contributed by atoms with Crippen LogP contribution in [0.25, 0.3) is 0 Å². The van der Waals surface area contributed by atoms with E-state index >= 15 is 0 Å². The Morgan fingerprint density at radius 3 is 1.97 bits per heavy atom. The molecule has 4 amide bonds. The molecule has 0 saturated heterocycles. The number of hydrogen-bond acceptors (Lipinski definition) is 9. The summed E-state index contributed by atoms with van der Waals surface area (Å²) in [6.07, 6.45) is -2.70. The highest BCUT2D eigenvalue weighted by molar-refractivity contribution is 5.97. The van der Waals surface area contributed by atoms with Gasteiger partial charge in [-0.2, -0.15) is 0 Å². The van der Waals surface area contributed by atoms with Gasteiger partial charge in [0.2, 0.25) is 23.6 Å². The number of rotatable bonds is 11. The van der Waals surface area contributed by atoms with Crippen LogP contribution in [-0.2, 0) is 19.2 Å². The predicted octanol–water partition coefficient (Wildman–Crippen LogP) is -2.66. The first-order valence-corrected chi connectivity index (χ1v) is 9.44. The second-order valence-electron chi connectivity index (χ2n) is 6.79. The second kappa shape index (κ2) is 12.3. The van der Waals surface area contributed by atoms with E-state index in [2.05, 4.69) is 21.3 Å². The fourth-order valence-electron chi connectivity index (χ4n) is 2.43. The van der Waals surface area contributed by atoms with E-state index in [1.165, 1.54) is 38.1 Å². The molecule has 0 bridgehead atoms. The molecule has 0 aliphatic heterocycles. The number of anilines is 1. The first-order chi connectivity index (χ1) is 15.0. The van der Waals surface area contributed by atoms with Gasteiger partial charge in [0.25, 0.3) is 5.69 Å². The molecule has 1 aromatic carbocycles. The third-order valence-corrected chi connectivity index (χ3v) is 4.11. The van der Waals surface area contributed by atoms with Crippen LogP contribution in [0.2, 0.25) is 0 Å². The summed E-state index contributed by atoms with van der Waals surface area (Å²) < 4.78 is 0. The van der Waals surface area contributed by atoms with E-state index in [0.29, 0.717) is 0 Å². The summed E-state index contributed by atoms with van der Waals surface area (Å²) >= 11 is 0. The van der Waals surface area contributed by atoms with Gasteiger partial charge in [-0.15, -0.1) is 0 Å². The van der Waals surface area contributed by atoms with Gasteiger partial charge in [0.05, 0.1) is 30.2 Å². The third kappa shape index (κ3) is 8.25. The first kappa shape index (κ1) is 26.4. The molecule has 176 valence electrons. The summed E-state index contributed by atoms with van der Waals surface area (Å²) in [5.74, 6) is -3.23. The van der Waals surface area contributed by atoms with Crippen LogP contribution in [0.4, 0.5) is 11.4 Å². The average Bonchev–Trinajstić information content (AvgIpc) is 2.73. The number of nitrogens with one attached hydrogen (secondary N) is 4. The van der Waals surface area contributed by atoms with E-state index in [0.717, 1.165) is 0 Å². The molecule has 0 aromatic heterocycles. The Bertz CT molecular complexity index is 842. The number of nitro benzene ring substituents is 1. The largest absolute Gasteiger partial charge is 0.391 e. The number of hydrogen-bond donors (Lipinski definition) is 7. The van der Waals surface area contributed by atoms with Gasteiger partial charge in [-0.05, 0) is 26.0 Å². The molecular formula is C18H26N6O8. The zero-order chi connectivity index (χ0) is 24.4. The zero-order valence-electron chi connectivity index (χ0n) is 17.4. The standard InChI is InChI=1S/C18H26N6O8/c1-9(25)15(23-18(30)16(10(2)26)22-13(27)7-19)17(29)20-8-14(28)21-11-3-5-12(6-4-11)24(31)32/h3-6,9-10,15-16,25-26H,7-8,19H2,1-2H3,(H,20,29)(H,21,28)(H,22,27)(H,23,30)/t9-,10-,15+,16+/m1/s1. The van der Waals surface area contributed by atoms with E-state index in [9.17, 15) is 39.5 Å². The van der Waals surface area contributed by atoms with Crippen LogP contribution in [0.5, 0.6) is 0 Å². The zero-order valence-corrected chi connectivity index (χ0v) is 17.4. The SMILES string of the molecule is C[C@@H](O)[C@H](NC(=O)CN)C(=O)N[C@H](C(=O)NCC(=O)Nc1ccc([N+](=O)[O-])cc1)[C@@H](C)O. The van der Waals surface area contributed by atoms with Crippen LogP contribution in [-0.4, -0.2) is 76.1 Å². The van der Waals surface area contributed by atoms with E-state index in [4.69, 9.17) is 5.73 Å². The van der Waals surface area contributed by atoms with E-state index in [1.54, 1.807) is 0 Å². The minimum atomic E-state index is -1.49.